The minimum absolute atomic E-state index is 0. The molecule has 0 aromatic carbocycles. The molecule has 0 atom stereocenters. The van der Waals surface area contributed by atoms with E-state index in [1.165, 1.54) is 0 Å². The van der Waals surface area contributed by atoms with E-state index in [-0.39, 0.29) is 36.4 Å². The zero-order chi connectivity index (χ0) is 9.00. The molecule has 0 aliphatic carbocycles. The highest BCUT2D eigenvalue weighted by Crippen LogP contribution is 1.74. The van der Waals surface area contributed by atoms with E-state index in [4.69, 9.17) is 0 Å². The van der Waals surface area contributed by atoms with Crippen LogP contribution in [0.5, 0.6) is 0 Å². The molecule has 0 fully saturated rings. The summed E-state index contributed by atoms with van der Waals surface area (Å²) in [7, 11) is 17.0. The molecule has 4 heteroatoms. The Morgan fingerprint density at radius 2 is 0.500 bits per heavy atom. The third kappa shape index (κ3) is 1220. The Labute approximate surface area is 102 Å². The monoisotopic (exact) mass is 310 g/mol. The molecular formula is C8H24ClIN2. The van der Waals surface area contributed by atoms with Crippen LogP contribution >= 0.6 is 0 Å². The molecule has 0 amide bonds. The SMILES string of the molecule is C[N+](C)(C)C.C[N+](C)(C)C.[Cl-].[I-]. The smallest absolute Gasteiger partial charge is 0.0675 e. The van der Waals surface area contributed by atoms with Crippen LogP contribution in [-0.4, -0.2) is 65.3 Å². The van der Waals surface area contributed by atoms with Crippen molar-refractivity contribution in [2.75, 3.05) is 56.4 Å². The summed E-state index contributed by atoms with van der Waals surface area (Å²) in [6.07, 6.45) is 0. The lowest BCUT2D eigenvalue weighted by Crippen LogP contribution is -3.00. The van der Waals surface area contributed by atoms with Gasteiger partial charge < -0.3 is 45.3 Å². The zero-order valence-electron chi connectivity index (χ0n) is 9.65. The van der Waals surface area contributed by atoms with Crippen molar-refractivity contribution in [3.05, 3.63) is 0 Å². The van der Waals surface area contributed by atoms with E-state index in [2.05, 4.69) is 56.4 Å². The predicted octanol–water partition coefficient (Wildman–Crippen LogP) is -5.35. The largest absolute Gasteiger partial charge is 1.00 e. The molecule has 0 spiro atoms. The van der Waals surface area contributed by atoms with E-state index < -0.39 is 0 Å². The van der Waals surface area contributed by atoms with Crippen LogP contribution in [0.15, 0.2) is 0 Å². The van der Waals surface area contributed by atoms with E-state index in [9.17, 15) is 0 Å². The zero-order valence-corrected chi connectivity index (χ0v) is 12.6. The highest BCUT2D eigenvalue weighted by atomic mass is 127. The highest BCUT2D eigenvalue weighted by molar-refractivity contribution is 3.87. The van der Waals surface area contributed by atoms with Crippen LogP contribution in [0.4, 0.5) is 0 Å². The van der Waals surface area contributed by atoms with Gasteiger partial charge in [0.25, 0.3) is 0 Å². The van der Waals surface area contributed by atoms with Crippen LogP contribution in [0.25, 0.3) is 0 Å². The first kappa shape index (κ1) is 23.1. The Bertz CT molecular complexity index is 60.0. The van der Waals surface area contributed by atoms with E-state index in [1.54, 1.807) is 0 Å². The maximum Gasteiger partial charge on any atom is 0.0675 e. The van der Waals surface area contributed by atoms with Crippen LogP contribution in [0.2, 0.25) is 0 Å². The summed E-state index contributed by atoms with van der Waals surface area (Å²) in [4.78, 5) is 0. The first-order valence-electron chi connectivity index (χ1n) is 3.58. The second-order valence-corrected chi connectivity index (χ2v) is 5.37. The third-order valence-electron chi connectivity index (χ3n) is 0. The van der Waals surface area contributed by atoms with E-state index in [1.807, 2.05) is 0 Å². The summed E-state index contributed by atoms with van der Waals surface area (Å²) in [5.74, 6) is 0. The number of hydrogen-bond donors (Lipinski definition) is 0. The van der Waals surface area contributed by atoms with Gasteiger partial charge in [0.1, 0.15) is 0 Å². The molecule has 0 rings (SSSR count). The maximum absolute atomic E-state index is 2.12. The minimum atomic E-state index is 0. The lowest BCUT2D eigenvalue weighted by atomic mass is 10.8. The molecule has 80 valence electrons. The lowest BCUT2D eigenvalue weighted by Gasteiger charge is -2.14. The molecule has 0 saturated carbocycles. The molecule has 0 aromatic heterocycles. The van der Waals surface area contributed by atoms with Gasteiger partial charge in [-0.25, -0.2) is 0 Å². The molecule has 0 N–H and O–H groups in total. The Morgan fingerprint density at radius 3 is 0.500 bits per heavy atom. The molecule has 12 heavy (non-hydrogen) atoms. The van der Waals surface area contributed by atoms with E-state index in [0.29, 0.717) is 0 Å². The maximum atomic E-state index is 2.12. The Balaban J connectivity index is -0.0000000457. The average molecular weight is 311 g/mol. The molecule has 0 aliphatic heterocycles. The Hall–Kier alpha value is 0.940. The van der Waals surface area contributed by atoms with Crippen molar-refractivity contribution in [3.63, 3.8) is 0 Å². The highest BCUT2D eigenvalue weighted by Gasteiger charge is 1.88. The lowest BCUT2D eigenvalue weighted by molar-refractivity contribution is -0.849. The van der Waals surface area contributed by atoms with Crippen LogP contribution in [0, 0.1) is 0 Å². The molecule has 0 unspecified atom stereocenters. The molecule has 0 saturated heterocycles. The number of nitrogens with zero attached hydrogens (tertiary/aromatic N) is 2. The quantitative estimate of drug-likeness (QED) is 0.310. The normalized spacial score (nSPS) is 10.0. The average Bonchev–Trinajstić information content (AvgIpc) is 1.12. The summed E-state index contributed by atoms with van der Waals surface area (Å²) in [5.41, 5.74) is 0. The summed E-state index contributed by atoms with van der Waals surface area (Å²) in [6, 6.07) is 0. The minimum Gasteiger partial charge on any atom is -1.00 e. The summed E-state index contributed by atoms with van der Waals surface area (Å²) < 4.78 is 2.00. The van der Waals surface area contributed by atoms with Crippen molar-refractivity contribution in [1.29, 1.82) is 0 Å². The first-order valence-corrected chi connectivity index (χ1v) is 3.58. The number of hydrogen-bond acceptors (Lipinski definition) is 0. The van der Waals surface area contributed by atoms with Crippen LogP contribution in [-0.2, 0) is 0 Å². The van der Waals surface area contributed by atoms with Crippen molar-refractivity contribution in [2.24, 2.45) is 0 Å². The molecular weight excluding hydrogens is 286 g/mol. The second kappa shape index (κ2) is 8.53. The van der Waals surface area contributed by atoms with Crippen LogP contribution in [0.3, 0.4) is 0 Å². The van der Waals surface area contributed by atoms with Crippen molar-refractivity contribution in [1.82, 2.24) is 0 Å². The number of quaternary nitrogens is 2. The fourth-order valence-electron chi connectivity index (χ4n) is 0. The van der Waals surface area contributed by atoms with Gasteiger partial charge in [0.05, 0.1) is 56.4 Å². The Kier molecular flexibility index (Phi) is 16.4. The summed E-state index contributed by atoms with van der Waals surface area (Å²) in [6.45, 7) is 0. The van der Waals surface area contributed by atoms with Gasteiger partial charge in [-0.1, -0.05) is 0 Å². The van der Waals surface area contributed by atoms with Gasteiger partial charge in [-0.05, 0) is 0 Å². The van der Waals surface area contributed by atoms with Gasteiger partial charge in [-0.3, -0.25) is 0 Å². The van der Waals surface area contributed by atoms with E-state index in [0.717, 1.165) is 8.97 Å². The molecule has 0 bridgehead atoms. The molecule has 0 radical (unpaired) electrons. The van der Waals surface area contributed by atoms with Crippen LogP contribution in [0.1, 0.15) is 0 Å². The molecule has 0 aliphatic rings. The first-order chi connectivity index (χ1) is 4.00. The van der Waals surface area contributed by atoms with E-state index >= 15 is 0 Å². The van der Waals surface area contributed by atoms with Gasteiger partial charge in [-0.15, -0.1) is 0 Å². The van der Waals surface area contributed by atoms with Crippen molar-refractivity contribution in [2.45, 2.75) is 0 Å². The van der Waals surface area contributed by atoms with Gasteiger partial charge >= 0.3 is 0 Å². The number of halogens is 2. The fraction of sp³-hybridized carbons (Fsp3) is 1.00. The third-order valence-corrected chi connectivity index (χ3v) is 0. The topological polar surface area (TPSA) is 0 Å². The van der Waals surface area contributed by atoms with Crippen molar-refractivity contribution in [3.8, 4) is 0 Å². The summed E-state index contributed by atoms with van der Waals surface area (Å²) in [5, 5.41) is 0. The fourth-order valence-corrected chi connectivity index (χ4v) is 0. The summed E-state index contributed by atoms with van der Waals surface area (Å²) >= 11 is 0. The van der Waals surface area contributed by atoms with Gasteiger partial charge in [-0.2, -0.15) is 0 Å². The molecule has 0 heterocycles. The molecule has 2 nitrogen and oxygen atoms in total. The van der Waals surface area contributed by atoms with Gasteiger partial charge in [0.15, 0.2) is 0 Å². The van der Waals surface area contributed by atoms with Crippen molar-refractivity contribution < 1.29 is 45.3 Å². The number of rotatable bonds is 0. The van der Waals surface area contributed by atoms with Gasteiger partial charge in [0.2, 0.25) is 0 Å². The van der Waals surface area contributed by atoms with Gasteiger partial charge in [0, 0.05) is 0 Å². The Morgan fingerprint density at radius 1 is 0.500 bits per heavy atom. The van der Waals surface area contributed by atoms with Crippen LogP contribution < -0.4 is 36.4 Å². The van der Waals surface area contributed by atoms with Crippen molar-refractivity contribution >= 4 is 0 Å². The second-order valence-electron chi connectivity index (χ2n) is 5.37. The standard InChI is InChI=1S/2C4H12N.ClH.HI/c2*1-5(2,3)4;;/h2*1-4H3;2*1H/q2*+1;;/p-2. The molecule has 0 aromatic rings. The predicted molar refractivity (Wildman–Crippen MR) is 47.9 cm³/mol.